The number of alkyl carbamates (subject to hydrolysis) is 1. The molecule has 1 aliphatic carbocycles. The van der Waals surface area contributed by atoms with Crippen molar-refractivity contribution in [2.75, 3.05) is 17.7 Å². The molecule has 0 heterocycles. The summed E-state index contributed by atoms with van der Waals surface area (Å²) >= 11 is 1.44. The highest BCUT2D eigenvalue weighted by atomic mass is 32.2. The fourth-order valence-corrected chi connectivity index (χ4v) is 6.61. The fraction of sp³-hybridized carbons (Fsp3) is 0.452. The van der Waals surface area contributed by atoms with Crippen molar-refractivity contribution in [2.24, 2.45) is 11.7 Å². The topological polar surface area (TPSA) is 255 Å². The number of nitrogens with zero attached hydrogens (tertiary/aromatic N) is 1. The van der Waals surface area contributed by atoms with Crippen LogP contribution in [0.3, 0.4) is 0 Å². The van der Waals surface area contributed by atoms with Gasteiger partial charge in [-0.25, -0.2) is 9.59 Å². The maximum atomic E-state index is 13.6. The number of aliphatic carboxylic acids is 1. The van der Waals surface area contributed by atoms with Crippen LogP contribution in [0.4, 0.5) is 16.2 Å². The molecular formula is C42H56N6O10S. The number of nitrogens with two attached hydrogens (primary N) is 2. The number of amides is 3. The Bertz CT molecular complexity index is 1940. The number of benzene rings is 3. The zero-order chi connectivity index (χ0) is 43.9. The first-order chi connectivity index (χ1) is 27.8. The van der Waals surface area contributed by atoms with Crippen molar-refractivity contribution < 1.29 is 43.5 Å². The van der Waals surface area contributed by atoms with Crippen molar-refractivity contribution >= 4 is 53.0 Å². The summed E-state index contributed by atoms with van der Waals surface area (Å²) < 4.78 is 10.9. The fourth-order valence-electron chi connectivity index (χ4n) is 6.13. The van der Waals surface area contributed by atoms with Gasteiger partial charge >= 0.3 is 18.0 Å². The summed E-state index contributed by atoms with van der Waals surface area (Å²) in [6, 6.07) is 15.4. The number of hydrogen-bond donors (Lipinski definition) is 6. The van der Waals surface area contributed by atoms with Crippen molar-refractivity contribution in [3.63, 3.8) is 0 Å². The molecule has 1 unspecified atom stereocenters. The number of anilines is 1. The van der Waals surface area contributed by atoms with Gasteiger partial charge in [0, 0.05) is 17.8 Å². The molecule has 0 saturated heterocycles. The van der Waals surface area contributed by atoms with Crippen molar-refractivity contribution in [3.05, 3.63) is 93.5 Å². The van der Waals surface area contributed by atoms with Gasteiger partial charge in [0.25, 0.3) is 5.69 Å². The number of thioether (sulfide) groups is 1. The van der Waals surface area contributed by atoms with Crippen LogP contribution < -0.4 is 27.4 Å². The third kappa shape index (κ3) is 15.2. The van der Waals surface area contributed by atoms with Crippen LogP contribution in [0.1, 0.15) is 77.0 Å². The van der Waals surface area contributed by atoms with Crippen LogP contribution in [0.5, 0.6) is 0 Å². The van der Waals surface area contributed by atoms with Gasteiger partial charge in [-0.1, -0.05) is 56.3 Å². The summed E-state index contributed by atoms with van der Waals surface area (Å²) in [4.78, 5) is 73.7. The largest absolute Gasteiger partial charge is 0.480 e. The van der Waals surface area contributed by atoms with Crippen LogP contribution in [0, 0.1) is 16.0 Å². The van der Waals surface area contributed by atoms with Crippen LogP contribution >= 0.6 is 11.8 Å². The van der Waals surface area contributed by atoms with E-state index in [0.29, 0.717) is 11.4 Å². The lowest BCUT2D eigenvalue weighted by Crippen LogP contribution is -2.57. The van der Waals surface area contributed by atoms with Crippen molar-refractivity contribution in [3.8, 4) is 11.1 Å². The Morgan fingerprint density at radius 1 is 0.881 bits per heavy atom. The van der Waals surface area contributed by atoms with Gasteiger partial charge in [0.1, 0.15) is 36.4 Å². The normalized spacial score (nSPS) is 13.6. The number of nitro benzene ring substituents is 1. The van der Waals surface area contributed by atoms with Crippen LogP contribution in [-0.2, 0) is 41.7 Å². The minimum Gasteiger partial charge on any atom is -0.480 e. The predicted octanol–water partition coefficient (Wildman–Crippen LogP) is 5.33. The Morgan fingerprint density at radius 3 is 2.14 bits per heavy atom. The number of carboxylic acids is 1. The number of non-ortho nitro benzene ring substituents is 1. The van der Waals surface area contributed by atoms with Crippen LogP contribution in [0.2, 0.25) is 0 Å². The van der Waals surface area contributed by atoms with Gasteiger partial charge in [-0.2, -0.15) is 11.8 Å². The van der Waals surface area contributed by atoms with Gasteiger partial charge in [-0.3, -0.25) is 24.5 Å². The van der Waals surface area contributed by atoms with E-state index in [2.05, 4.69) is 28.1 Å². The number of esters is 1. The molecule has 4 rings (SSSR count). The summed E-state index contributed by atoms with van der Waals surface area (Å²) in [6.45, 7) is 8.67. The number of ether oxygens (including phenoxy) is 2. The Morgan fingerprint density at radius 2 is 1.53 bits per heavy atom. The Labute approximate surface area is 348 Å². The summed E-state index contributed by atoms with van der Waals surface area (Å²) in [5, 5.41) is 27.6. The molecular weight excluding hydrogens is 781 g/mol. The second-order valence-corrected chi connectivity index (χ2v) is 16.4. The average molecular weight is 837 g/mol. The van der Waals surface area contributed by atoms with Gasteiger partial charge < -0.3 is 42.0 Å². The number of carbonyl (C=O) groups is 5. The van der Waals surface area contributed by atoms with E-state index < -0.39 is 64.5 Å². The summed E-state index contributed by atoms with van der Waals surface area (Å²) in [5.41, 5.74) is 16.6. The van der Waals surface area contributed by atoms with Crippen LogP contribution in [0.15, 0.2) is 66.7 Å². The summed E-state index contributed by atoms with van der Waals surface area (Å²) in [5.74, 6) is -3.02. The third-order valence-corrected chi connectivity index (χ3v) is 9.85. The van der Waals surface area contributed by atoms with E-state index in [9.17, 15) is 39.2 Å². The molecule has 1 aliphatic rings. The zero-order valence-corrected chi connectivity index (χ0v) is 35.1. The maximum absolute atomic E-state index is 13.6. The highest BCUT2D eigenvalue weighted by Crippen LogP contribution is 2.38. The number of carboxylic acid groups (broad SMARTS) is 1. The number of rotatable bonds is 18. The molecule has 0 spiro atoms. The molecule has 3 amide bonds. The molecule has 0 fully saturated rings. The first kappa shape index (κ1) is 47.7. The molecule has 0 aromatic heterocycles. The van der Waals surface area contributed by atoms with E-state index in [-0.39, 0.29) is 43.9 Å². The van der Waals surface area contributed by atoms with E-state index in [1.54, 1.807) is 34.6 Å². The van der Waals surface area contributed by atoms with Crippen LogP contribution in [0.25, 0.3) is 11.1 Å². The molecule has 17 heteroatoms. The lowest BCUT2D eigenvalue weighted by molar-refractivity contribution is -0.384. The van der Waals surface area contributed by atoms with Gasteiger partial charge in [0.15, 0.2) is 0 Å². The molecule has 59 heavy (non-hydrogen) atoms. The molecule has 3 aromatic carbocycles. The number of nitro groups is 1. The van der Waals surface area contributed by atoms with E-state index >= 15 is 0 Å². The lowest BCUT2D eigenvalue weighted by atomic mass is 10.0. The molecule has 0 bridgehead atoms. The molecule has 0 aliphatic heterocycles. The number of hydrogen-bond acceptors (Lipinski definition) is 12. The SMILES string of the molecule is CSCC[C@H](NC(=O)[C@H](CCCC(N)C(=O)OC(C)(C)C)NC(=O)[C@@H](NC(=O)OCc1cccc2c1Cc1ccccc1-2)C(C)C)C(=O)O.Nc1ccc([N+](=O)[O-])cc1. The number of nitrogen functional groups attached to an aromatic ring is 1. The Balaban J connectivity index is 0.000000809. The first-order valence-electron chi connectivity index (χ1n) is 19.2. The molecule has 16 nitrogen and oxygen atoms in total. The van der Waals surface area contributed by atoms with Crippen molar-refractivity contribution in [1.82, 2.24) is 16.0 Å². The smallest absolute Gasteiger partial charge is 0.408 e. The predicted molar refractivity (Wildman–Crippen MR) is 226 cm³/mol. The molecule has 8 N–H and O–H groups in total. The summed E-state index contributed by atoms with van der Waals surface area (Å²) in [6.07, 6.45) is 2.41. The molecule has 320 valence electrons. The van der Waals surface area contributed by atoms with E-state index in [1.165, 1.54) is 41.6 Å². The summed E-state index contributed by atoms with van der Waals surface area (Å²) in [7, 11) is 0. The number of nitrogens with one attached hydrogen (secondary N) is 3. The van der Waals surface area contributed by atoms with E-state index in [4.69, 9.17) is 20.9 Å². The Kier molecular flexibility index (Phi) is 18.2. The van der Waals surface area contributed by atoms with Crippen molar-refractivity contribution in [1.29, 1.82) is 0 Å². The molecule has 0 saturated carbocycles. The minimum atomic E-state index is -1.20. The zero-order valence-electron chi connectivity index (χ0n) is 34.3. The maximum Gasteiger partial charge on any atom is 0.408 e. The number of carbonyl (C=O) groups excluding carboxylic acids is 4. The standard InChI is InChI=1S/C36H50N4O8S.C6H6N2O2/c1-21(2)30(40-35(46)47-20-23-12-9-14-25-24-13-8-7-11-22(24)19-26(23)25)32(42)38-28(31(41)39-29(33(43)44)17-18-49-6)16-10-15-27(37)34(45)48-36(3,4)5;7-5-1-3-6(4-2-5)8(9)10/h7-9,11-14,21,27-30H,10,15-20,37H2,1-6H3,(H,38,42)(H,39,41)(H,40,46)(H,43,44);1-4H,7H2/t27?,28-,29-,30-;/m0./s1. The molecule has 0 radical (unpaired) electrons. The quantitative estimate of drug-likeness (QED) is 0.0321. The van der Waals surface area contributed by atoms with Crippen molar-refractivity contribution in [2.45, 2.75) is 103 Å². The van der Waals surface area contributed by atoms with Gasteiger partial charge in [-0.05, 0) is 111 Å². The van der Waals surface area contributed by atoms with E-state index in [0.717, 1.165) is 28.7 Å². The molecule has 4 atom stereocenters. The average Bonchev–Trinajstić information content (AvgIpc) is 3.56. The van der Waals surface area contributed by atoms with Gasteiger partial charge in [0.05, 0.1) is 4.92 Å². The third-order valence-electron chi connectivity index (χ3n) is 9.21. The van der Waals surface area contributed by atoms with Crippen LogP contribution in [-0.4, -0.2) is 81.7 Å². The highest BCUT2D eigenvalue weighted by Gasteiger charge is 2.32. The first-order valence-corrected chi connectivity index (χ1v) is 20.6. The van der Waals surface area contributed by atoms with E-state index in [1.807, 2.05) is 36.6 Å². The Hall–Kier alpha value is -5.68. The highest BCUT2D eigenvalue weighted by molar-refractivity contribution is 7.98. The second-order valence-electron chi connectivity index (χ2n) is 15.4. The minimum absolute atomic E-state index is 0.00495. The van der Waals surface area contributed by atoms with Gasteiger partial charge in [0.2, 0.25) is 11.8 Å². The molecule has 3 aromatic rings. The number of fused-ring (bicyclic) bond motifs is 3. The second kappa shape index (κ2) is 22.5. The lowest BCUT2D eigenvalue weighted by Gasteiger charge is -2.26. The monoisotopic (exact) mass is 836 g/mol. The van der Waals surface area contributed by atoms with Gasteiger partial charge in [-0.15, -0.1) is 0 Å².